The maximum atomic E-state index is 12.8. The fourth-order valence-corrected chi connectivity index (χ4v) is 3.96. The molecule has 9 heteroatoms. The summed E-state index contributed by atoms with van der Waals surface area (Å²) in [5.74, 6) is -0.180. The molecule has 1 fully saturated rings. The molecule has 1 amide bonds. The number of rotatable bonds is 9. The van der Waals surface area contributed by atoms with E-state index in [9.17, 15) is 9.36 Å². The summed E-state index contributed by atoms with van der Waals surface area (Å²) in [6.07, 6.45) is 2.96. The van der Waals surface area contributed by atoms with Crippen molar-refractivity contribution in [1.29, 1.82) is 0 Å². The number of nitrogens with zero attached hydrogens (tertiary/aromatic N) is 1. The first kappa shape index (κ1) is 24.2. The number of nitrogens with two attached hydrogens (primary N) is 1. The quantitative estimate of drug-likeness (QED) is 0.299. The minimum Gasteiger partial charge on any atom is -0.501 e. The Morgan fingerprint density at radius 2 is 1.81 bits per heavy atom. The van der Waals surface area contributed by atoms with E-state index in [1.165, 1.54) is 5.56 Å². The van der Waals surface area contributed by atoms with Crippen LogP contribution in [0.3, 0.4) is 0 Å². The van der Waals surface area contributed by atoms with Crippen LogP contribution in [0.25, 0.3) is 5.57 Å². The van der Waals surface area contributed by atoms with Gasteiger partial charge in [0.05, 0.1) is 25.0 Å². The highest BCUT2D eigenvalue weighted by atomic mass is 31.2. The molecule has 1 heterocycles. The SMILES string of the molecule is C/C(=C\OCCc1ccccc1)c1ccc(C(=O)N2CCC(N)(COP(=O)(O)O)C2)cc1. The predicted molar refractivity (Wildman–Crippen MR) is 122 cm³/mol. The Morgan fingerprint density at radius 1 is 1.16 bits per heavy atom. The number of carbonyl (C=O) groups excluding carboxylic acids is 1. The van der Waals surface area contributed by atoms with Gasteiger partial charge >= 0.3 is 7.82 Å². The molecule has 2 aromatic carbocycles. The molecule has 1 saturated heterocycles. The topological polar surface area (TPSA) is 122 Å². The molecule has 2 aromatic rings. The van der Waals surface area contributed by atoms with E-state index in [1.807, 2.05) is 37.3 Å². The second-order valence-corrected chi connectivity index (χ2v) is 9.33. The summed E-state index contributed by atoms with van der Waals surface area (Å²) in [6.45, 7) is 2.79. The van der Waals surface area contributed by atoms with Gasteiger partial charge in [-0.1, -0.05) is 42.5 Å². The highest BCUT2D eigenvalue weighted by Crippen LogP contribution is 2.37. The fourth-order valence-electron chi connectivity index (χ4n) is 3.53. The van der Waals surface area contributed by atoms with E-state index in [0.29, 0.717) is 25.1 Å². The molecular formula is C23H29N2O6P. The van der Waals surface area contributed by atoms with Crippen molar-refractivity contribution >= 4 is 19.3 Å². The van der Waals surface area contributed by atoms with E-state index in [0.717, 1.165) is 17.6 Å². The van der Waals surface area contributed by atoms with Gasteiger partial charge in [0.15, 0.2) is 0 Å². The first-order chi connectivity index (χ1) is 15.2. The molecule has 1 aliphatic heterocycles. The van der Waals surface area contributed by atoms with Gasteiger partial charge in [-0.05, 0) is 42.2 Å². The van der Waals surface area contributed by atoms with Crippen LogP contribution in [0.5, 0.6) is 0 Å². The maximum Gasteiger partial charge on any atom is 0.469 e. The zero-order valence-corrected chi connectivity index (χ0v) is 18.9. The summed E-state index contributed by atoms with van der Waals surface area (Å²) >= 11 is 0. The minimum atomic E-state index is -4.60. The van der Waals surface area contributed by atoms with Gasteiger partial charge < -0.3 is 25.2 Å². The summed E-state index contributed by atoms with van der Waals surface area (Å²) in [6, 6.07) is 17.4. The second-order valence-electron chi connectivity index (χ2n) is 8.09. The average molecular weight is 460 g/mol. The number of phosphoric acid groups is 1. The van der Waals surface area contributed by atoms with Gasteiger partial charge in [0, 0.05) is 25.1 Å². The Hall–Kier alpha value is -2.48. The molecule has 0 aromatic heterocycles. The molecule has 32 heavy (non-hydrogen) atoms. The number of allylic oxidation sites excluding steroid dienone is 1. The first-order valence-electron chi connectivity index (χ1n) is 10.4. The number of hydrogen-bond acceptors (Lipinski definition) is 5. The molecule has 0 saturated carbocycles. The van der Waals surface area contributed by atoms with Crippen molar-refractivity contribution in [3.8, 4) is 0 Å². The van der Waals surface area contributed by atoms with E-state index in [2.05, 4.69) is 16.7 Å². The maximum absolute atomic E-state index is 12.8. The summed E-state index contributed by atoms with van der Waals surface area (Å²) in [4.78, 5) is 32.1. The monoisotopic (exact) mass is 460 g/mol. The van der Waals surface area contributed by atoms with Crippen LogP contribution in [0.2, 0.25) is 0 Å². The molecule has 1 unspecified atom stereocenters. The van der Waals surface area contributed by atoms with Gasteiger partial charge in [0.2, 0.25) is 0 Å². The lowest BCUT2D eigenvalue weighted by molar-refractivity contribution is 0.0774. The third-order valence-corrected chi connectivity index (χ3v) is 5.86. The van der Waals surface area contributed by atoms with E-state index < -0.39 is 13.4 Å². The van der Waals surface area contributed by atoms with Crippen LogP contribution < -0.4 is 5.73 Å². The van der Waals surface area contributed by atoms with Gasteiger partial charge in [-0.15, -0.1) is 0 Å². The van der Waals surface area contributed by atoms with Crippen molar-refractivity contribution in [3.05, 3.63) is 77.5 Å². The lowest BCUT2D eigenvalue weighted by atomic mass is 10.0. The van der Waals surface area contributed by atoms with Crippen LogP contribution in [0, 0.1) is 0 Å². The number of benzene rings is 2. The molecule has 8 nitrogen and oxygen atoms in total. The Balaban J connectivity index is 1.52. The van der Waals surface area contributed by atoms with Crippen molar-refractivity contribution < 1.29 is 28.4 Å². The summed E-state index contributed by atoms with van der Waals surface area (Å²) in [5, 5.41) is 0. The van der Waals surface area contributed by atoms with Crippen molar-refractivity contribution in [2.45, 2.75) is 25.3 Å². The molecule has 0 bridgehead atoms. The van der Waals surface area contributed by atoms with Gasteiger partial charge in [-0.25, -0.2) is 4.57 Å². The Morgan fingerprint density at radius 3 is 2.47 bits per heavy atom. The van der Waals surface area contributed by atoms with E-state index in [-0.39, 0.29) is 19.1 Å². The molecule has 0 radical (unpaired) electrons. The van der Waals surface area contributed by atoms with Crippen molar-refractivity contribution in [2.24, 2.45) is 5.73 Å². The van der Waals surface area contributed by atoms with Crippen LogP contribution in [0.1, 0.15) is 34.8 Å². The molecule has 1 aliphatic rings. The van der Waals surface area contributed by atoms with Gasteiger partial charge in [-0.2, -0.15) is 0 Å². The normalized spacial score (nSPS) is 19.2. The zero-order chi connectivity index (χ0) is 23.2. The number of hydrogen-bond donors (Lipinski definition) is 3. The van der Waals surface area contributed by atoms with E-state index in [1.54, 1.807) is 23.3 Å². The molecule has 0 aliphatic carbocycles. The number of carbonyl (C=O) groups is 1. The molecule has 4 N–H and O–H groups in total. The van der Waals surface area contributed by atoms with Crippen LogP contribution in [0.15, 0.2) is 60.9 Å². The lowest BCUT2D eigenvalue weighted by Crippen LogP contribution is -2.47. The third-order valence-electron chi connectivity index (χ3n) is 5.39. The van der Waals surface area contributed by atoms with Crippen LogP contribution in [0.4, 0.5) is 0 Å². The highest BCUT2D eigenvalue weighted by Gasteiger charge is 2.38. The average Bonchev–Trinajstić information content (AvgIpc) is 3.18. The Bertz CT molecular complexity index is 989. The molecular weight excluding hydrogens is 431 g/mol. The molecule has 172 valence electrons. The zero-order valence-electron chi connectivity index (χ0n) is 18.0. The van der Waals surface area contributed by atoms with Crippen LogP contribution >= 0.6 is 7.82 Å². The lowest BCUT2D eigenvalue weighted by Gasteiger charge is -2.24. The van der Waals surface area contributed by atoms with Gasteiger partial charge in [0.1, 0.15) is 0 Å². The molecule has 0 spiro atoms. The fraction of sp³-hybridized carbons (Fsp3) is 0.348. The van der Waals surface area contributed by atoms with Crippen molar-refractivity contribution in [1.82, 2.24) is 4.90 Å². The Labute approximate surface area is 187 Å². The third kappa shape index (κ3) is 7.02. The van der Waals surface area contributed by atoms with Crippen LogP contribution in [-0.4, -0.2) is 52.4 Å². The number of phosphoric ester groups is 1. The van der Waals surface area contributed by atoms with Crippen LogP contribution in [-0.2, 0) is 20.2 Å². The largest absolute Gasteiger partial charge is 0.501 e. The first-order valence-corrected chi connectivity index (χ1v) is 11.9. The van der Waals surface area contributed by atoms with Crippen molar-refractivity contribution in [3.63, 3.8) is 0 Å². The number of amides is 1. The standard InChI is InChI=1S/C23H29N2O6P/c1-18(15-30-14-11-19-5-3-2-4-6-19)20-7-9-21(10-8-20)22(26)25-13-12-23(24,16-25)17-31-32(27,28)29/h2-10,15H,11-14,16-17,24H2,1H3,(H2,27,28,29)/b18-15+. The van der Waals surface area contributed by atoms with E-state index in [4.69, 9.17) is 20.3 Å². The summed E-state index contributed by atoms with van der Waals surface area (Å²) in [5.41, 5.74) is 8.81. The van der Waals surface area contributed by atoms with Gasteiger partial charge in [-0.3, -0.25) is 9.32 Å². The molecule has 3 rings (SSSR count). The smallest absolute Gasteiger partial charge is 0.469 e. The molecule has 1 atom stereocenters. The minimum absolute atomic E-state index is 0.168. The van der Waals surface area contributed by atoms with E-state index >= 15 is 0 Å². The predicted octanol–water partition coefficient (Wildman–Crippen LogP) is 2.96. The summed E-state index contributed by atoms with van der Waals surface area (Å²) in [7, 11) is -4.60. The number of ether oxygens (including phenoxy) is 1. The van der Waals surface area contributed by atoms with Crippen molar-refractivity contribution in [2.75, 3.05) is 26.3 Å². The highest BCUT2D eigenvalue weighted by molar-refractivity contribution is 7.46. The number of likely N-dealkylation sites (tertiary alicyclic amines) is 1. The summed E-state index contributed by atoms with van der Waals surface area (Å²) < 4.78 is 21.1. The second kappa shape index (κ2) is 10.4. The Kier molecular flexibility index (Phi) is 7.87. The van der Waals surface area contributed by atoms with Gasteiger partial charge in [0.25, 0.3) is 5.91 Å².